The van der Waals surface area contributed by atoms with Gasteiger partial charge in [0.25, 0.3) is 0 Å². The monoisotopic (exact) mass is 507 g/mol. The number of benzene rings is 2. The van der Waals surface area contributed by atoms with Gasteiger partial charge in [0.1, 0.15) is 0 Å². The van der Waals surface area contributed by atoms with Gasteiger partial charge in [-0.2, -0.15) is 0 Å². The summed E-state index contributed by atoms with van der Waals surface area (Å²) in [5, 5.41) is 1.08. The zero-order valence-electron chi connectivity index (χ0n) is 15.7. The molecule has 1 aliphatic heterocycles. The number of ether oxygens (including phenoxy) is 2. The Bertz CT molecular complexity index is 944. The molecule has 0 amide bonds. The number of nitrogen functional groups attached to an aromatic ring is 1. The third-order valence-corrected chi connectivity index (χ3v) is 6.16. The lowest BCUT2D eigenvalue weighted by atomic mass is 10.1. The topological polar surface area (TPSA) is 62.3 Å². The van der Waals surface area contributed by atoms with Crippen LogP contribution in [0, 0.1) is 0 Å². The van der Waals surface area contributed by atoms with Crippen molar-refractivity contribution in [1.82, 2.24) is 9.55 Å². The molecular formula is C20H21Cl4N3O2S. The summed E-state index contributed by atoms with van der Waals surface area (Å²) < 4.78 is 14.6. The Morgan fingerprint density at radius 1 is 1.17 bits per heavy atom. The molecule has 0 saturated carbocycles. The van der Waals surface area contributed by atoms with E-state index < -0.39 is 5.79 Å². The second kappa shape index (κ2) is 11.0. The fourth-order valence-corrected chi connectivity index (χ4v) is 4.55. The minimum atomic E-state index is -0.991. The van der Waals surface area contributed by atoms with Crippen molar-refractivity contribution < 1.29 is 9.47 Å². The van der Waals surface area contributed by atoms with Crippen LogP contribution in [0.5, 0.6) is 0 Å². The van der Waals surface area contributed by atoms with Crippen LogP contribution in [0.3, 0.4) is 0 Å². The fraction of sp³-hybridized carbons (Fsp3) is 0.250. The Morgan fingerprint density at radius 2 is 1.93 bits per heavy atom. The predicted molar refractivity (Wildman–Crippen MR) is 127 cm³/mol. The number of nitrogens with zero attached hydrogens (tertiary/aromatic N) is 2. The number of hydrogen-bond acceptors (Lipinski definition) is 5. The number of hydrogen-bond donors (Lipinski definition) is 1. The minimum Gasteiger partial charge on any atom is -0.399 e. The summed E-state index contributed by atoms with van der Waals surface area (Å²) in [6.07, 6.45) is 5.24. The molecule has 30 heavy (non-hydrogen) atoms. The van der Waals surface area contributed by atoms with Gasteiger partial charge in [0.2, 0.25) is 5.79 Å². The van der Waals surface area contributed by atoms with Crippen molar-refractivity contribution in [2.45, 2.75) is 23.3 Å². The minimum absolute atomic E-state index is 0. The molecule has 0 spiro atoms. The maximum absolute atomic E-state index is 6.49. The molecule has 2 atom stereocenters. The highest BCUT2D eigenvalue weighted by molar-refractivity contribution is 7.99. The average Bonchev–Trinajstić information content (AvgIpc) is 3.32. The van der Waals surface area contributed by atoms with E-state index in [1.165, 1.54) is 0 Å². The van der Waals surface area contributed by atoms with Gasteiger partial charge in [0, 0.05) is 39.3 Å². The number of aromatic nitrogens is 2. The molecule has 0 unspecified atom stereocenters. The van der Waals surface area contributed by atoms with Gasteiger partial charge in [-0.1, -0.05) is 29.3 Å². The van der Waals surface area contributed by atoms with Crippen molar-refractivity contribution >= 4 is 65.5 Å². The van der Waals surface area contributed by atoms with Gasteiger partial charge in [0.15, 0.2) is 0 Å². The standard InChI is InChI=1S/C20H19Cl2N3O2S.2ClH/c21-14-1-6-18(19(22)9-14)20(12-25-8-7-24-13-25)26-10-16(27-20)11-28-17-4-2-15(23)3-5-17;;/h1-9,13,16H,10-12,23H2;2*1H/t16-,20+;;/m0../s1. The predicted octanol–water partition coefficient (Wildman–Crippen LogP) is 5.68. The summed E-state index contributed by atoms with van der Waals surface area (Å²) in [4.78, 5) is 5.24. The van der Waals surface area contributed by atoms with E-state index in [-0.39, 0.29) is 30.9 Å². The summed E-state index contributed by atoms with van der Waals surface area (Å²) in [6, 6.07) is 13.2. The molecule has 0 aliphatic carbocycles. The van der Waals surface area contributed by atoms with Crippen LogP contribution < -0.4 is 5.73 Å². The van der Waals surface area contributed by atoms with Crippen LogP contribution in [0.2, 0.25) is 10.0 Å². The van der Waals surface area contributed by atoms with Crippen LogP contribution in [0.25, 0.3) is 0 Å². The molecule has 3 aromatic rings. The van der Waals surface area contributed by atoms with Gasteiger partial charge in [-0.3, -0.25) is 0 Å². The Morgan fingerprint density at radius 3 is 2.60 bits per heavy atom. The van der Waals surface area contributed by atoms with Gasteiger partial charge in [-0.05, 0) is 36.4 Å². The Kier molecular flexibility index (Phi) is 9.18. The zero-order chi connectivity index (χ0) is 19.6. The number of nitrogens with two attached hydrogens (primary N) is 1. The van der Waals surface area contributed by atoms with Crippen LogP contribution in [0.4, 0.5) is 5.69 Å². The number of halogens is 4. The molecule has 2 aromatic carbocycles. The first-order valence-corrected chi connectivity index (χ1v) is 10.5. The highest BCUT2D eigenvalue weighted by atomic mass is 35.5. The molecule has 0 bridgehead atoms. The first-order valence-electron chi connectivity index (χ1n) is 8.75. The van der Waals surface area contributed by atoms with Crippen molar-refractivity contribution in [3.8, 4) is 0 Å². The van der Waals surface area contributed by atoms with Gasteiger partial charge >= 0.3 is 0 Å². The van der Waals surface area contributed by atoms with Crippen LogP contribution >= 0.6 is 59.8 Å². The van der Waals surface area contributed by atoms with Crippen LogP contribution in [-0.2, 0) is 21.8 Å². The normalized spacial score (nSPS) is 20.4. The highest BCUT2D eigenvalue weighted by Gasteiger charge is 2.45. The van der Waals surface area contributed by atoms with Crippen molar-refractivity contribution in [3.63, 3.8) is 0 Å². The highest BCUT2D eigenvalue weighted by Crippen LogP contribution is 2.41. The summed E-state index contributed by atoms with van der Waals surface area (Å²) in [5.41, 5.74) is 7.26. The van der Waals surface area contributed by atoms with Crippen molar-refractivity contribution in [3.05, 3.63) is 76.8 Å². The van der Waals surface area contributed by atoms with Gasteiger partial charge in [-0.15, -0.1) is 36.6 Å². The maximum Gasteiger partial charge on any atom is 0.215 e. The Hall–Kier alpha value is -1.12. The van der Waals surface area contributed by atoms with E-state index in [2.05, 4.69) is 4.98 Å². The first kappa shape index (κ1) is 25.1. The zero-order valence-corrected chi connectivity index (χ0v) is 19.7. The lowest BCUT2D eigenvalue weighted by Gasteiger charge is -2.30. The van der Waals surface area contributed by atoms with Crippen LogP contribution in [0.15, 0.2) is 66.1 Å². The van der Waals surface area contributed by atoms with Crippen LogP contribution in [0.1, 0.15) is 5.56 Å². The molecule has 1 aromatic heterocycles. The van der Waals surface area contributed by atoms with E-state index >= 15 is 0 Å². The number of rotatable bonds is 6. The van der Waals surface area contributed by atoms with E-state index in [1.807, 2.05) is 41.1 Å². The molecule has 162 valence electrons. The molecule has 5 nitrogen and oxygen atoms in total. The summed E-state index contributed by atoms with van der Waals surface area (Å²) in [5.74, 6) is -0.241. The molecule has 2 N–H and O–H groups in total. The smallest absolute Gasteiger partial charge is 0.215 e. The third kappa shape index (κ3) is 5.77. The van der Waals surface area contributed by atoms with Gasteiger partial charge in [-0.25, -0.2) is 4.98 Å². The molecule has 2 heterocycles. The summed E-state index contributed by atoms with van der Waals surface area (Å²) in [7, 11) is 0. The molecule has 1 fully saturated rings. The average molecular weight is 509 g/mol. The second-order valence-corrected chi connectivity index (χ2v) is 8.48. The molecule has 1 saturated heterocycles. The second-order valence-electron chi connectivity index (χ2n) is 6.54. The molecule has 10 heteroatoms. The van der Waals surface area contributed by atoms with Gasteiger partial charge < -0.3 is 19.8 Å². The quantitative estimate of drug-likeness (QED) is 0.343. The molecule has 4 rings (SSSR count). The van der Waals surface area contributed by atoms with Crippen LogP contribution in [-0.4, -0.2) is 28.0 Å². The SMILES string of the molecule is Cl.Cl.Nc1ccc(SC[C@@H]2CO[C@@](Cn3ccnc3)(c3ccc(Cl)cc3Cl)O2)cc1. The van der Waals surface area contributed by atoms with E-state index in [0.717, 1.165) is 21.9 Å². The van der Waals surface area contributed by atoms with E-state index in [9.17, 15) is 0 Å². The van der Waals surface area contributed by atoms with Gasteiger partial charge in [0.05, 0.1) is 30.6 Å². The number of thioether (sulfide) groups is 1. The maximum atomic E-state index is 6.49. The summed E-state index contributed by atoms with van der Waals surface area (Å²) in [6.45, 7) is 0.910. The number of imidazole rings is 1. The van der Waals surface area contributed by atoms with E-state index in [1.54, 1.807) is 36.4 Å². The lowest BCUT2D eigenvalue weighted by Crippen LogP contribution is -2.34. The van der Waals surface area contributed by atoms with Crippen molar-refractivity contribution in [2.75, 3.05) is 18.1 Å². The summed E-state index contributed by atoms with van der Waals surface area (Å²) >= 11 is 14.3. The Balaban J connectivity index is 0.00000160. The third-order valence-electron chi connectivity index (χ3n) is 4.47. The fourth-order valence-electron chi connectivity index (χ4n) is 3.13. The van der Waals surface area contributed by atoms with E-state index in [4.69, 9.17) is 38.4 Å². The largest absolute Gasteiger partial charge is 0.399 e. The van der Waals surface area contributed by atoms with Crippen molar-refractivity contribution in [1.29, 1.82) is 0 Å². The first-order chi connectivity index (χ1) is 13.5. The van der Waals surface area contributed by atoms with E-state index in [0.29, 0.717) is 23.2 Å². The number of anilines is 1. The Labute approximate surface area is 202 Å². The molecule has 1 aliphatic rings. The molecule has 0 radical (unpaired) electrons. The molecular weight excluding hydrogens is 488 g/mol. The lowest BCUT2D eigenvalue weighted by molar-refractivity contribution is -0.184. The van der Waals surface area contributed by atoms with Crippen molar-refractivity contribution in [2.24, 2.45) is 0 Å².